The Bertz CT molecular complexity index is 655. The second-order valence-corrected chi connectivity index (χ2v) is 5.83. The van der Waals surface area contributed by atoms with Gasteiger partial charge in [-0.25, -0.2) is 9.18 Å². The topological polar surface area (TPSA) is 46.5 Å². The molecule has 2 aromatic rings. The largest absolute Gasteiger partial charge is 0.478 e. The van der Waals surface area contributed by atoms with Crippen LogP contribution in [0.3, 0.4) is 0 Å². The fraction of sp³-hybridized carbons (Fsp3) is 0.235. The molecule has 0 aliphatic heterocycles. The SMILES string of the molecule is CC(C)(C)c1ccc(Oc2ccc(C(=O)O)cc2F)cc1. The molecule has 0 saturated heterocycles. The highest BCUT2D eigenvalue weighted by Crippen LogP contribution is 2.28. The van der Waals surface area contributed by atoms with E-state index >= 15 is 0 Å². The standard InChI is InChI=1S/C17H17FO3/c1-17(2,3)12-5-7-13(8-6-12)21-15-9-4-11(16(19)20)10-14(15)18/h4-10H,1-3H3,(H,19,20). The summed E-state index contributed by atoms with van der Waals surface area (Å²) in [5.41, 5.74) is 1.08. The minimum Gasteiger partial charge on any atom is -0.478 e. The second kappa shape index (κ2) is 5.56. The summed E-state index contributed by atoms with van der Waals surface area (Å²) in [4.78, 5) is 10.7. The Morgan fingerprint density at radius 3 is 2.19 bits per heavy atom. The lowest BCUT2D eigenvalue weighted by Gasteiger charge is -2.19. The second-order valence-electron chi connectivity index (χ2n) is 5.83. The van der Waals surface area contributed by atoms with E-state index in [1.807, 2.05) is 12.1 Å². The molecule has 4 heteroatoms. The molecular weight excluding hydrogens is 271 g/mol. The molecule has 0 unspecified atom stereocenters. The third-order valence-corrected chi connectivity index (χ3v) is 3.13. The zero-order valence-corrected chi connectivity index (χ0v) is 12.2. The molecule has 0 fully saturated rings. The number of hydrogen-bond acceptors (Lipinski definition) is 2. The van der Waals surface area contributed by atoms with Gasteiger partial charge in [-0.05, 0) is 41.3 Å². The van der Waals surface area contributed by atoms with Crippen molar-refractivity contribution in [3.63, 3.8) is 0 Å². The molecule has 0 bridgehead atoms. The highest BCUT2D eigenvalue weighted by atomic mass is 19.1. The Morgan fingerprint density at radius 2 is 1.71 bits per heavy atom. The van der Waals surface area contributed by atoms with Crippen LogP contribution in [0.25, 0.3) is 0 Å². The maximum absolute atomic E-state index is 13.8. The predicted molar refractivity (Wildman–Crippen MR) is 78.6 cm³/mol. The molecule has 0 aromatic heterocycles. The molecule has 21 heavy (non-hydrogen) atoms. The van der Waals surface area contributed by atoms with Crippen LogP contribution in [0.1, 0.15) is 36.7 Å². The fourth-order valence-electron chi connectivity index (χ4n) is 1.87. The molecule has 0 radical (unpaired) electrons. The number of carbonyl (C=O) groups is 1. The minimum absolute atomic E-state index is 0.00325. The van der Waals surface area contributed by atoms with Crippen molar-refractivity contribution >= 4 is 5.97 Å². The lowest BCUT2D eigenvalue weighted by molar-refractivity contribution is 0.0696. The van der Waals surface area contributed by atoms with Crippen LogP contribution in [0.2, 0.25) is 0 Å². The van der Waals surface area contributed by atoms with E-state index in [1.165, 1.54) is 12.1 Å². The summed E-state index contributed by atoms with van der Waals surface area (Å²) in [6.45, 7) is 6.31. The normalized spacial score (nSPS) is 11.2. The first kappa shape index (κ1) is 15.0. The number of carboxylic acids is 1. The smallest absolute Gasteiger partial charge is 0.335 e. The summed E-state index contributed by atoms with van der Waals surface area (Å²) < 4.78 is 19.2. The summed E-state index contributed by atoms with van der Waals surface area (Å²) in [5.74, 6) is -1.36. The van der Waals surface area contributed by atoms with Gasteiger partial charge < -0.3 is 9.84 Å². The summed E-state index contributed by atoms with van der Waals surface area (Å²) in [5, 5.41) is 8.79. The molecule has 2 rings (SSSR count). The molecule has 0 saturated carbocycles. The Morgan fingerprint density at radius 1 is 1.10 bits per heavy atom. The quantitative estimate of drug-likeness (QED) is 0.896. The van der Waals surface area contributed by atoms with Gasteiger partial charge in [-0.2, -0.15) is 0 Å². The van der Waals surface area contributed by atoms with Crippen molar-refractivity contribution < 1.29 is 19.0 Å². The maximum Gasteiger partial charge on any atom is 0.335 e. The fourth-order valence-corrected chi connectivity index (χ4v) is 1.87. The number of hydrogen-bond donors (Lipinski definition) is 1. The zero-order valence-electron chi connectivity index (χ0n) is 12.2. The van der Waals surface area contributed by atoms with Gasteiger partial charge >= 0.3 is 5.97 Å². The van der Waals surface area contributed by atoms with Gasteiger partial charge in [-0.15, -0.1) is 0 Å². The minimum atomic E-state index is -1.17. The van der Waals surface area contributed by atoms with Crippen molar-refractivity contribution in [2.24, 2.45) is 0 Å². The number of halogens is 1. The van der Waals surface area contributed by atoms with Crippen LogP contribution in [0.15, 0.2) is 42.5 Å². The number of rotatable bonds is 3. The van der Waals surface area contributed by atoms with E-state index in [4.69, 9.17) is 9.84 Å². The third-order valence-electron chi connectivity index (χ3n) is 3.13. The number of benzene rings is 2. The van der Waals surface area contributed by atoms with E-state index < -0.39 is 11.8 Å². The van der Waals surface area contributed by atoms with Crippen molar-refractivity contribution in [1.29, 1.82) is 0 Å². The monoisotopic (exact) mass is 288 g/mol. The van der Waals surface area contributed by atoms with Gasteiger partial charge in [0.15, 0.2) is 11.6 Å². The van der Waals surface area contributed by atoms with Crippen LogP contribution in [0.4, 0.5) is 4.39 Å². The Labute approximate surface area is 123 Å². The van der Waals surface area contributed by atoms with Crippen molar-refractivity contribution in [2.75, 3.05) is 0 Å². The summed E-state index contributed by atoms with van der Waals surface area (Å²) >= 11 is 0. The molecule has 0 heterocycles. The van der Waals surface area contributed by atoms with Crippen molar-refractivity contribution in [3.05, 3.63) is 59.4 Å². The Hall–Kier alpha value is -2.36. The van der Waals surface area contributed by atoms with Gasteiger partial charge in [0.2, 0.25) is 0 Å². The molecule has 0 amide bonds. The van der Waals surface area contributed by atoms with Crippen LogP contribution < -0.4 is 4.74 Å². The molecule has 110 valence electrons. The van der Waals surface area contributed by atoms with E-state index in [-0.39, 0.29) is 16.7 Å². The lowest BCUT2D eigenvalue weighted by atomic mass is 9.87. The van der Waals surface area contributed by atoms with Crippen LogP contribution >= 0.6 is 0 Å². The van der Waals surface area contributed by atoms with Crippen LogP contribution in [0.5, 0.6) is 11.5 Å². The lowest BCUT2D eigenvalue weighted by Crippen LogP contribution is -2.10. The summed E-state index contributed by atoms with van der Waals surface area (Å²) in [6.07, 6.45) is 0. The highest BCUT2D eigenvalue weighted by Gasteiger charge is 2.14. The average Bonchev–Trinajstić information content (AvgIpc) is 2.40. The first-order chi connectivity index (χ1) is 9.77. The molecular formula is C17H17FO3. The van der Waals surface area contributed by atoms with Crippen molar-refractivity contribution in [2.45, 2.75) is 26.2 Å². The number of carboxylic acid groups (broad SMARTS) is 1. The van der Waals surface area contributed by atoms with E-state index in [0.29, 0.717) is 5.75 Å². The summed E-state index contributed by atoms with van der Waals surface area (Å²) in [6, 6.07) is 11.0. The predicted octanol–water partition coefficient (Wildman–Crippen LogP) is 4.61. The molecule has 0 atom stereocenters. The van der Waals surface area contributed by atoms with E-state index in [2.05, 4.69) is 20.8 Å². The highest BCUT2D eigenvalue weighted by molar-refractivity contribution is 5.87. The molecule has 1 N–H and O–H groups in total. The average molecular weight is 288 g/mol. The molecule has 0 aliphatic rings. The maximum atomic E-state index is 13.8. The molecule has 3 nitrogen and oxygen atoms in total. The van der Waals surface area contributed by atoms with Crippen LogP contribution in [-0.4, -0.2) is 11.1 Å². The van der Waals surface area contributed by atoms with Gasteiger partial charge in [0.1, 0.15) is 5.75 Å². The van der Waals surface area contributed by atoms with Crippen molar-refractivity contribution in [3.8, 4) is 11.5 Å². The van der Waals surface area contributed by atoms with Gasteiger partial charge in [-0.3, -0.25) is 0 Å². The zero-order chi connectivity index (χ0) is 15.6. The van der Waals surface area contributed by atoms with Gasteiger partial charge in [-0.1, -0.05) is 32.9 Å². The van der Waals surface area contributed by atoms with Crippen LogP contribution in [0, 0.1) is 5.82 Å². The number of ether oxygens (including phenoxy) is 1. The van der Waals surface area contributed by atoms with Gasteiger partial charge in [0, 0.05) is 0 Å². The first-order valence-electron chi connectivity index (χ1n) is 6.58. The third kappa shape index (κ3) is 3.60. The van der Waals surface area contributed by atoms with Crippen LogP contribution in [-0.2, 0) is 5.41 Å². The molecule has 2 aromatic carbocycles. The van der Waals surface area contributed by atoms with E-state index in [0.717, 1.165) is 11.6 Å². The molecule has 0 aliphatic carbocycles. The van der Waals surface area contributed by atoms with E-state index in [1.54, 1.807) is 12.1 Å². The number of aromatic carboxylic acids is 1. The Kier molecular flexibility index (Phi) is 3.98. The van der Waals surface area contributed by atoms with Crippen molar-refractivity contribution in [1.82, 2.24) is 0 Å². The summed E-state index contributed by atoms with van der Waals surface area (Å²) in [7, 11) is 0. The molecule has 0 spiro atoms. The van der Waals surface area contributed by atoms with E-state index in [9.17, 15) is 9.18 Å². The van der Waals surface area contributed by atoms with Gasteiger partial charge in [0.05, 0.1) is 5.56 Å². The Balaban J connectivity index is 2.20. The first-order valence-corrected chi connectivity index (χ1v) is 6.58. The van der Waals surface area contributed by atoms with Gasteiger partial charge in [0.25, 0.3) is 0 Å².